The van der Waals surface area contributed by atoms with E-state index in [2.05, 4.69) is 4.90 Å². The zero-order valence-electron chi connectivity index (χ0n) is 11.9. The maximum atomic E-state index is 11.9. The molecule has 0 bridgehead atoms. The number of nitrogens with zero attached hydrogens (tertiary/aromatic N) is 1. The van der Waals surface area contributed by atoms with Crippen molar-refractivity contribution in [2.24, 2.45) is 5.73 Å². The molecule has 1 aliphatic heterocycles. The van der Waals surface area contributed by atoms with Gasteiger partial charge in [-0.05, 0) is 25.7 Å². The molecule has 2 fully saturated rings. The van der Waals surface area contributed by atoms with E-state index in [-0.39, 0.29) is 23.4 Å². The molecule has 4 unspecified atom stereocenters. The van der Waals surface area contributed by atoms with Gasteiger partial charge in [-0.2, -0.15) is 0 Å². The number of sulfone groups is 1. The molecule has 4 atom stereocenters. The van der Waals surface area contributed by atoms with Crippen LogP contribution in [-0.4, -0.2) is 63.2 Å². The Hall–Kier alpha value is -0.170. The van der Waals surface area contributed by atoms with Crippen LogP contribution in [0.15, 0.2) is 0 Å². The number of piperidine rings is 1. The van der Waals surface area contributed by atoms with Gasteiger partial charge in [0.25, 0.3) is 0 Å². The van der Waals surface area contributed by atoms with Crippen LogP contribution in [0.5, 0.6) is 0 Å². The highest BCUT2D eigenvalue weighted by molar-refractivity contribution is 7.91. The fourth-order valence-corrected chi connectivity index (χ4v) is 5.16. The summed E-state index contributed by atoms with van der Waals surface area (Å²) in [6, 6.07) is 0.410. The molecule has 2 aliphatic rings. The summed E-state index contributed by atoms with van der Waals surface area (Å²) in [6.45, 7) is 1.48. The minimum atomic E-state index is -2.97. The normalized spacial score (nSPS) is 37.6. The maximum absolute atomic E-state index is 11.9. The Labute approximate surface area is 116 Å². The number of ether oxygens (including phenoxy) is 1. The van der Waals surface area contributed by atoms with E-state index < -0.39 is 9.84 Å². The molecule has 1 aliphatic carbocycles. The standard InChI is InChI=1S/C13H26N2O3S/c1-18-11-6-7-15(10(8-11)9-14)12-4-3-5-13(12)19(2,16)17/h10-13H,3-9,14H2,1-2H3. The van der Waals surface area contributed by atoms with Crippen LogP contribution in [0, 0.1) is 0 Å². The summed E-state index contributed by atoms with van der Waals surface area (Å²) in [5, 5.41) is -0.208. The highest BCUT2D eigenvalue weighted by Gasteiger charge is 2.42. The zero-order valence-corrected chi connectivity index (χ0v) is 12.7. The largest absolute Gasteiger partial charge is 0.381 e. The van der Waals surface area contributed by atoms with Crippen molar-refractivity contribution >= 4 is 9.84 Å². The van der Waals surface area contributed by atoms with Gasteiger partial charge in [-0.1, -0.05) is 6.42 Å². The molecule has 5 nitrogen and oxygen atoms in total. The van der Waals surface area contributed by atoms with Crippen LogP contribution in [0.25, 0.3) is 0 Å². The average molecular weight is 290 g/mol. The number of methoxy groups -OCH3 is 1. The second-order valence-electron chi connectivity index (χ2n) is 5.88. The fourth-order valence-electron chi connectivity index (χ4n) is 3.70. The topological polar surface area (TPSA) is 72.6 Å². The predicted octanol–water partition coefficient (Wildman–Crippen LogP) is 0.390. The summed E-state index contributed by atoms with van der Waals surface area (Å²) < 4.78 is 29.3. The van der Waals surface area contributed by atoms with Crippen molar-refractivity contribution in [3.05, 3.63) is 0 Å². The van der Waals surface area contributed by atoms with Crippen molar-refractivity contribution in [1.29, 1.82) is 0 Å². The van der Waals surface area contributed by atoms with Gasteiger partial charge >= 0.3 is 0 Å². The van der Waals surface area contributed by atoms with Crippen LogP contribution in [0.2, 0.25) is 0 Å². The van der Waals surface area contributed by atoms with Crippen molar-refractivity contribution in [2.45, 2.75) is 55.5 Å². The Bertz CT molecular complexity index is 399. The second kappa shape index (κ2) is 6.08. The molecule has 112 valence electrons. The summed E-state index contributed by atoms with van der Waals surface area (Å²) in [6.07, 6.45) is 6.30. The minimum Gasteiger partial charge on any atom is -0.381 e. The summed E-state index contributed by atoms with van der Waals surface area (Å²) >= 11 is 0. The highest BCUT2D eigenvalue weighted by Crippen LogP contribution is 2.33. The van der Waals surface area contributed by atoms with Crippen LogP contribution in [0.1, 0.15) is 32.1 Å². The van der Waals surface area contributed by atoms with Crippen LogP contribution in [0.3, 0.4) is 0 Å². The van der Waals surface area contributed by atoms with Gasteiger partial charge in [0.05, 0.1) is 11.4 Å². The monoisotopic (exact) mass is 290 g/mol. The first-order chi connectivity index (χ1) is 8.97. The summed E-state index contributed by atoms with van der Waals surface area (Å²) in [5.41, 5.74) is 5.89. The maximum Gasteiger partial charge on any atom is 0.151 e. The third-order valence-electron chi connectivity index (χ3n) is 4.71. The molecule has 1 saturated heterocycles. The number of hydrogen-bond acceptors (Lipinski definition) is 5. The van der Waals surface area contributed by atoms with E-state index in [9.17, 15) is 8.42 Å². The SMILES string of the molecule is COC1CCN(C2CCCC2S(C)(=O)=O)C(CN)C1. The zero-order chi connectivity index (χ0) is 14.0. The molecule has 0 amide bonds. The number of hydrogen-bond donors (Lipinski definition) is 1. The van der Waals surface area contributed by atoms with Crippen molar-refractivity contribution in [3.8, 4) is 0 Å². The molecular weight excluding hydrogens is 264 g/mol. The molecule has 0 aromatic rings. The molecular formula is C13H26N2O3S. The molecule has 6 heteroatoms. The fraction of sp³-hybridized carbons (Fsp3) is 1.00. The third kappa shape index (κ3) is 3.29. The Morgan fingerprint density at radius 3 is 2.63 bits per heavy atom. The first kappa shape index (κ1) is 15.2. The van der Waals surface area contributed by atoms with Gasteiger partial charge in [-0.15, -0.1) is 0 Å². The number of likely N-dealkylation sites (tertiary alicyclic amines) is 1. The lowest BCUT2D eigenvalue weighted by atomic mass is 9.96. The molecule has 2 rings (SSSR count). The van der Waals surface area contributed by atoms with Gasteiger partial charge in [0, 0.05) is 38.5 Å². The van der Waals surface area contributed by atoms with Crippen LogP contribution in [0.4, 0.5) is 0 Å². The van der Waals surface area contributed by atoms with Crippen molar-refractivity contribution in [2.75, 3.05) is 26.5 Å². The van der Waals surface area contributed by atoms with E-state index in [0.717, 1.165) is 38.6 Å². The van der Waals surface area contributed by atoms with E-state index in [4.69, 9.17) is 10.5 Å². The Morgan fingerprint density at radius 1 is 1.32 bits per heavy atom. The second-order valence-corrected chi connectivity index (χ2v) is 8.14. The predicted molar refractivity (Wildman–Crippen MR) is 75.9 cm³/mol. The molecule has 19 heavy (non-hydrogen) atoms. The van der Waals surface area contributed by atoms with Crippen LogP contribution in [-0.2, 0) is 14.6 Å². The molecule has 0 aromatic carbocycles. The van der Waals surface area contributed by atoms with Gasteiger partial charge in [0.15, 0.2) is 9.84 Å². The molecule has 1 saturated carbocycles. The Balaban J connectivity index is 2.11. The first-order valence-corrected chi connectivity index (χ1v) is 9.10. The van der Waals surface area contributed by atoms with E-state index in [0.29, 0.717) is 6.54 Å². The van der Waals surface area contributed by atoms with Gasteiger partial charge in [-0.3, -0.25) is 4.90 Å². The lowest BCUT2D eigenvalue weighted by molar-refractivity contribution is -0.00249. The molecule has 2 N–H and O–H groups in total. The lowest BCUT2D eigenvalue weighted by Crippen LogP contribution is -2.55. The third-order valence-corrected chi connectivity index (χ3v) is 6.36. The van der Waals surface area contributed by atoms with Crippen LogP contribution >= 0.6 is 0 Å². The Kier molecular flexibility index (Phi) is 4.87. The summed E-state index contributed by atoms with van der Waals surface area (Å²) in [4.78, 5) is 2.34. The lowest BCUT2D eigenvalue weighted by Gasteiger charge is -2.43. The van der Waals surface area contributed by atoms with E-state index in [1.807, 2.05) is 0 Å². The first-order valence-electron chi connectivity index (χ1n) is 7.14. The molecule has 1 heterocycles. The smallest absolute Gasteiger partial charge is 0.151 e. The quantitative estimate of drug-likeness (QED) is 0.811. The van der Waals surface area contributed by atoms with Crippen molar-refractivity contribution in [3.63, 3.8) is 0 Å². The molecule has 0 radical (unpaired) electrons. The Morgan fingerprint density at radius 2 is 2.05 bits per heavy atom. The molecule has 0 aromatic heterocycles. The van der Waals surface area contributed by atoms with Crippen molar-refractivity contribution < 1.29 is 13.2 Å². The van der Waals surface area contributed by atoms with Gasteiger partial charge < -0.3 is 10.5 Å². The molecule has 0 spiro atoms. The van der Waals surface area contributed by atoms with Gasteiger partial charge in [0.1, 0.15) is 0 Å². The van der Waals surface area contributed by atoms with Crippen LogP contribution < -0.4 is 5.73 Å². The minimum absolute atomic E-state index is 0.154. The van der Waals surface area contributed by atoms with Crippen molar-refractivity contribution in [1.82, 2.24) is 4.90 Å². The number of rotatable bonds is 4. The van der Waals surface area contributed by atoms with Gasteiger partial charge in [0.2, 0.25) is 0 Å². The highest BCUT2D eigenvalue weighted by atomic mass is 32.2. The van der Waals surface area contributed by atoms with E-state index in [1.165, 1.54) is 6.26 Å². The van der Waals surface area contributed by atoms with E-state index in [1.54, 1.807) is 7.11 Å². The average Bonchev–Trinajstić information content (AvgIpc) is 2.86. The summed E-state index contributed by atoms with van der Waals surface area (Å²) in [7, 11) is -1.23. The van der Waals surface area contributed by atoms with E-state index >= 15 is 0 Å². The summed E-state index contributed by atoms with van der Waals surface area (Å²) in [5.74, 6) is 0. The number of nitrogens with two attached hydrogens (primary N) is 1. The van der Waals surface area contributed by atoms with Gasteiger partial charge in [-0.25, -0.2) is 8.42 Å².